The van der Waals surface area contributed by atoms with Crippen molar-refractivity contribution in [3.8, 4) is 5.75 Å². The lowest BCUT2D eigenvalue weighted by atomic mass is 10.2. The number of anilines is 1. The summed E-state index contributed by atoms with van der Waals surface area (Å²) < 4.78 is 18.9. The quantitative estimate of drug-likeness (QED) is 0.727. The maximum absolute atomic E-state index is 13.6. The molecule has 1 unspecified atom stereocenters. The van der Waals surface area contributed by atoms with E-state index in [4.69, 9.17) is 4.74 Å². The molecule has 0 spiro atoms. The summed E-state index contributed by atoms with van der Waals surface area (Å²) in [5.41, 5.74) is 0.682. The maximum Gasteiger partial charge on any atom is 0.246 e. The molecule has 2 amide bonds. The van der Waals surface area contributed by atoms with E-state index in [1.54, 1.807) is 31.2 Å². The number of nitrogens with zero attached hydrogens (tertiary/aromatic N) is 1. The molecule has 2 rings (SSSR count). The summed E-state index contributed by atoms with van der Waals surface area (Å²) >= 11 is 0. The minimum absolute atomic E-state index is 0.0486. The summed E-state index contributed by atoms with van der Waals surface area (Å²) in [6, 6.07) is 14.5. The van der Waals surface area contributed by atoms with Gasteiger partial charge in [-0.3, -0.25) is 9.59 Å². The number of carbonyl (C=O) groups excluding carboxylic acids is 2. The highest BCUT2D eigenvalue weighted by Gasteiger charge is 2.25. The standard InChI is InChI=1S/C21H25FN2O3/c1-3-14-24(16(2)21(26)23-17-9-5-4-6-10-17)20(25)13-15-27-19-12-8-7-11-18(19)22/h4-12,16H,3,13-15H2,1-2H3,(H,23,26). The van der Waals surface area contributed by atoms with Gasteiger partial charge in [0.15, 0.2) is 11.6 Å². The lowest BCUT2D eigenvalue weighted by Crippen LogP contribution is -2.46. The molecule has 0 aromatic heterocycles. The van der Waals surface area contributed by atoms with Crippen LogP contribution in [0.4, 0.5) is 10.1 Å². The Hall–Kier alpha value is -2.89. The van der Waals surface area contributed by atoms with Gasteiger partial charge in [0.05, 0.1) is 13.0 Å². The topological polar surface area (TPSA) is 58.6 Å². The molecule has 2 aromatic carbocycles. The lowest BCUT2D eigenvalue weighted by Gasteiger charge is -2.28. The normalized spacial score (nSPS) is 11.5. The molecule has 0 aliphatic heterocycles. The van der Waals surface area contributed by atoms with E-state index >= 15 is 0 Å². The number of carbonyl (C=O) groups is 2. The molecule has 0 saturated carbocycles. The van der Waals surface area contributed by atoms with Crippen molar-refractivity contribution in [2.75, 3.05) is 18.5 Å². The predicted molar refractivity (Wildman–Crippen MR) is 103 cm³/mol. The van der Waals surface area contributed by atoms with E-state index in [1.165, 1.54) is 17.0 Å². The molecule has 0 fully saturated rings. The van der Waals surface area contributed by atoms with Crippen molar-refractivity contribution < 1.29 is 18.7 Å². The minimum atomic E-state index is -0.619. The van der Waals surface area contributed by atoms with Crippen LogP contribution in [0.15, 0.2) is 54.6 Å². The fraction of sp³-hybridized carbons (Fsp3) is 0.333. The first-order valence-electron chi connectivity index (χ1n) is 9.05. The van der Waals surface area contributed by atoms with Gasteiger partial charge >= 0.3 is 0 Å². The SMILES string of the molecule is CCCN(C(=O)CCOc1ccccc1F)C(C)C(=O)Nc1ccccc1. The largest absolute Gasteiger partial charge is 0.490 e. The third kappa shape index (κ3) is 6.09. The highest BCUT2D eigenvalue weighted by molar-refractivity contribution is 5.96. The van der Waals surface area contributed by atoms with E-state index in [-0.39, 0.29) is 30.6 Å². The average Bonchev–Trinajstić information content (AvgIpc) is 2.67. The van der Waals surface area contributed by atoms with Crippen LogP contribution in [-0.4, -0.2) is 35.9 Å². The number of amides is 2. The van der Waals surface area contributed by atoms with Crippen molar-refractivity contribution >= 4 is 17.5 Å². The molecular weight excluding hydrogens is 347 g/mol. The molecular formula is C21H25FN2O3. The molecule has 6 heteroatoms. The van der Waals surface area contributed by atoms with Gasteiger partial charge in [-0.25, -0.2) is 4.39 Å². The van der Waals surface area contributed by atoms with Gasteiger partial charge in [-0.1, -0.05) is 37.3 Å². The zero-order valence-corrected chi connectivity index (χ0v) is 15.7. The summed E-state index contributed by atoms with van der Waals surface area (Å²) in [6.07, 6.45) is 0.792. The monoisotopic (exact) mass is 372 g/mol. The smallest absolute Gasteiger partial charge is 0.246 e. The second-order valence-corrected chi connectivity index (χ2v) is 6.15. The first kappa shape index (κ1) is 20.4. The zero-order valence-electron chi connectivity index (χ0n) is 15.7. The van der Waals surface area contributed by atoms with Crippen molar-refractivity contribution in [3.05, 3.63) is 60.4 Å². The van der Waals surface area contributed by atoms with Gasteiger partial charge in [-0.15, -0.1) is 0 Å². The molecule has 27 heavy (non-hydrogen) atoms. The Morgan fingerprint density at radius 3 is 2.44 bits per heavy atom. The van der Waals surface area contributed by atoms with Gasteiger partial charge in [0.1, 0.15) is 6.04 Å². The van der Waals surface area contributed by atoms with Crippen LogP contribution in [0.1, 0.15) is 26.7 Å². The molecule has 0 bridgehead atoms. The van der Waals surface area contributed by atoms with E-state index in [0.717, 1.165) is 6.42 Å². The van der Waals surface area contributed by atoms with Gasteiger partial charge in [-0.05, 0) is 37.6 Å². The van der Waals surface area contributed by atoms with E-state index in [1.807, 2.05) is 25.1 Å². The molecule has 0 aliphatic carbocycles. The summed E-state index contributed by atoms with van der Waals surface area (Å²) in [7, 11) is 0. The third-order valence-electron chi connectivity index (χ3n) is 4.08. The molecule has 0 radical (unpaired) electrons. The maximum atomic E-state index is 13.6. The first-order chi connectivity index (χ1) is 13.0. The Bertz CT molecular complexity index is 752. The van der Waals surface area contributed by atoms with Crippen molar-refractivity contribution in [1.29, 1.82) is 0 Å². The fourth-order valence-corrected chi connectivity index (χ4v) is 2.64. The van der Waals surface area contributed by atoms with Crippen molar-refractivity contribution in [2.24, 2.45) is 0 Å². The molecule has 0 aliphatic rings. The third-order valence-corrected chi connectivity index (χ3v) is 4.08. The number of benzene rings is 2. The molecule has 0 heterocycles. The zero-order chi connectivity index (χ0) is 19.6. The molecule has 144 valence electrons. The number of hydrogen-bond acceptors (Lipinski definition) is 3. The summed E-state index contributed by atoms with van der Waals surface area (Å²) in [5.74, 6) is -0.810. The number of hydrogen-bond donors (Lipinski definition) is 1. The van der Waals surface area contributed by atoms with Crippen molar-refractivity contribution in [1.82, 2.24) is 4.90 Å². The van der Waals surface area contributed by atoms with E-state index in [2.05, 4.69) is 5.32 Å². The fourth-order valence-electron chi connectivity index (χ4n) is 2.64. The Morgan fingerprint density at radius 1 is 1.11 bits per heavy atom. The molecule has 2 aromatic rings. The van der Waals surface area contributed by atoms with Gasteiger partial charge in [0.2, 0.25) is 11.8 Å². The van der Waals surface area contributed by atoms with Crippen molar-refractivity contribution in [3.63, 3.8) is 0 Å². The first-order valence-corrected chi connectivity index (χ1v) is 9.05. The number of ether oxygens (including phenoxy) is 1. The Kier molecular flexibility index (Phi) is 7.79. The number of nitrogens with one attached hydrogen (secondary N) is 1. The predicted octanol–water partition coefficient (Wildman–Crippen LogP) is 3.86. The van der Waals surface area contributed by atoms with Crippen LogP contribution in [-0.2, 0) is 9.59 Å². The molecule has 1 N–H and O–H groups in total. The number of halogens is 1. The second kappa shape index (κ2) is 10.3. The number of para-hydroxylation sites is 2. The van der Waals surface area contributed by atoms with Crippen LogP contribution in [0.5, 0.6) is 5.75 Å². The van der Waals surface area contributed by atoms with E-state index < -0.39 is 11.9 Å². The van der Waals surface area contributed by atoms with Crippen LogP contribution in [0.3, 0.4) is 0 Å². The van der Waals surface area contributed by atoms with E-state index in [9.17, 15) is 14.0 Å². The lowest BCUT2D eigenvalue weighted by molar-refractivity contribution is -0.138. The summed E-state index contributed by atoms with van der Waals surface area (Å²) in [4.78, 5) is 26.6. The van der Waals surface area contributed by atoms with Crippen LogP contribution in [0.2, 0.25) is 0 Å². The molecule has 0 saturated heterocycles. The summed E-state index contributed by atoms with van der Waals surface area (Å²) in [5, 5.41) is 2.81. The Morgan fingerprint density at radius 2 is 1.78 bits per heavy atom. The van der Waals surface area contributed by atoms with Gasteiger partial charge in [-0.2, -0.15) is 0 Å². The van der Waals surface area contributed by atoms with Crippen LogP contribution >= 0.6 is 0 Å². The second-order valence-electron chi connectivity index (χ2n) is 6.15. The highest BCUT2D eigenvalue weighted by Crippen LogP contribution is 2.16. The summed E-state index contributed by atoms with van der Waals surface area (Å²) in [6.45, 7) is 4.15. The van der Waals surface area contributed by atoms with Gasteiger partial charge in [0, 0.05) is 12.2 Å². The minimum Gasteiger partial charge on any atom is -0.490 e. The van der Waals surface area contributed by atoms with Crippen LogP contribution in [0.25, 0.3) is 0 Å². The Balaban J connectivity index is 1.92. The molecule has 5 nitrogen and oxygen atoms in total. The van der Waals surface area contributed by atoms with Crippen LogP contribution < -0.4 is 10.1 Å². The number of rotatable bonds is 9. The van der Waals surface area contributed by atoms with Crippen molar-refractivity contribution in [2.45, 2.75) is 32.7 Å². The Labute approximate surface area is 159 Å². The van der Waals surface area contributed by atoms with Gasteiger partial charge < -0.3 is 15.0 Å². The average molecular weight is 372 g/mol. The van der Waals surface area contributed by atoms with Crippen LogP contribution in [0, 0.1) is 5.82 Å². The highest BCUT2D eigenvalue weighted by atomic mass is 19.1. The molecule has 1 atom stereocenters. The van der Waals surface area contributed by atoms with E-state index in [0.29, 0.717) is 12.2 Å². The van der Waals surface area contributed by atoms with Gasteiger partial charge in [0.25, 0.3) is 0 Å².